The van der Waals surface area contributed by atoms with E-state index in [9.17, 15) is 10.1 Å². The van der Waals surface area contributed by atoms with Gasteiger partial charge in [0.1, 0.15) is 23.4 Å². The van der Waals surface area contributed by atoms with Crippen molar-refractivity contribution in [1.29, 1.82) is 5.26 Å². The lowest BCUT2D eigenvalue weighted by atomic mass is 10.2. The highest BCUT2D eigenvalue weighted by atomic mass is 16.5. The molecule has 0 spiro atoms. The van der Waals surface area contributed by atoms with Crippen LogP contribution < -0.4 is 10.1 Å². The first-order valence-electron chi connectivity index (χ1n) is 10.2. The molecule has 7 heteroatoms. The average Bonchev–Trinajstić information content (AvgIpc) is 3.32. The van der Waals surface area contributed by atoms with Gasteiger partial charge in [-0.1, -0.05) is 12.1 Å². The quantitative estimate of drug-likeness (QED) is 0.564. The van der Waals surface area contributed by atoms with Crippen molar-refractivity contribution in [2.75, 3.05) is 25.5 Å². The number of hydrogen-bond acceptors (Lipinski definition) is 5. The first-order valence-corrected chi connectivity index (χ1v) is 10.2. The molecule has 0 aliphatic carbocycles. The monoisotopic (exact) mass is 420 g/mol. The third-order valence-electron chi connectivity index (χ3n) is 5.19. The van der Waals surface area contributed by atoms with Gasteiger partial charge in [0, 0.05) is 12.2 Å². The molecule has 0 aliphatic rings. The maximum Gasteiger partial charge on any atom is 0.239 e. The second-order valence-corrected chi connectivity index (χ2v) is 7.51. The van der Waals surface area contributed by atoms with Crippen molar-refractivity contribution in [2.45, 2.75) is 33.9 Å². The van der Waals surface area contributed by atoms with Gasteiger partial charge in [-0.3, -0.25) is 9.69 Å². The third kappa shape index (κ3) is 5.36. The van der Waals surface area contributed by atoms with Crippen LogP contribution in [0.25, 0.3) is 0 Å². The molecule has 1 aromatic carbocycles. The van der Waals surface area contributed by atoms with Crippen LogP contribution in [0.3, 0.4) is 0 Å². The van der Waals surface area contributed by atoms with E-state index in [0.29, 0.717) is 31.1 Å². The molecule has 31 heavy (non-hydrogen) atoms. The van der Waals surface area contributed by atoms with E-state index < -0.39 is 0 Å². The van der Waals surface area contributed by atoms with Gasteiger partial charge in [-0.25, -0.2) is 0 Å². The van der Waals surface area contributed by atoms with Crippen molar-refractivity contribution in [3.63, 3.8) is 0 Å². The molecular formula is C24H28N4O3. The predicted molar refractivity (Wildman–Crippen MR) is 119 cm³/mol. The van der Waals surface area contributed by atoms with E-state index in [0.717, 1.165) is 28.3 Å². The van der Waals surface area contributed by atoms with Crippen LogP contribution in [0.4, 0.5) is 5.82 Å². The molecule has 0 saturated carbocycles. The lowest BCUT2D eigenvalue weighted by molar-refractivity contribution is -0.117. The number of nitrogens with zero attached hydrogens (tertiary/aromatic N) is 3. The number of hydrogen-bond donors (Lipinski definition) is 1. The summed E-state index contributed by atoms with van der Waals surface area (Å²) in [6, 6.07) is 13.8. The minimum Gasteiger partial charge on any atom is -0.494 e. The van der Waals surface area contributed by atoms with E-state index >= 15 is 0 Å². The van der Waals surface area contributed by atoms with Gasteiger partial charge in [0.2, 0.25) is 5.91 Å². The van der Waals surface area contributed by atoms with Crippen molar-refractivity contribution in [2.24, 2.45) is 0 Å². The molecule has 3 rings (SSSR count). The van der Waals surface area contributed by atoms with Crippen molar-refractivity contribution in [3.8, 4) is 11.8 Å². The lowest BCUT2D eigenvalue weighted by Crippen LogP contribution is -2.30. The molecule has 0 aliphatic heterocycles. The molecule has 0 radical (unpaired) electrons. The molecule has 0 fully saturated rings. The summed E-state index contributed by atoms with van der Waals surface area (Å²) in [5, 5.41) is 12.6. The summed E-state index contributed by atoms with van der Waals surface area (Å²) in [4.78, 5) is 14.7. The van der Waals surface area contributed by atoms with Crippen molar-refractivity contribution in [3.05, 3.63) is 70.8 Å². The van der Waals surface area contributed by atoms with E-state index in [4.69, 9.17) is 9.15 Å². The third-order valence-corrected chi connectivity index (χ3v) is 5.19. The van der Waals surface area contributed by atoms with E-state index in [-0.39, 0.29) is 12.5 Å². The highest BCUT2D eigenvalue weighted by Gasteiger charge is 2.21. The molecule has 3 aromatic rings. The topological polar surface area (TPSA) is 83.4 Å². The van der Waals surface area contributed by atoms with Crippen LogP contribution in [-0.4, -0.2) is 35.6 Å². The highest BCUT2D eigenvalue weighted by molar-refractivity contribution is 5.93. The van der Waals surface area contributed by atoms with Crippen LogP contribution in [-0.2, 0) is 17.9 Å². The fraction of sp³-hybridized carbons (Fsp3) is 0.333. The standard InChI is InChI=1S/C24H28N4O3/c1-5-30-20-10-8-19(9-11-20)14-27(4)16-23(29)26-24-22(13-25)17(2)18(3)28(24)15-21-7-6-12-31-21/h6-12H,5,14-16H2,1-4H3,(H,26,29). The molecule has 2 heterocycles. The van der Waals surface area contributed by atoms with Gasteiger partial charge < -0.3 is 19.0 Å². The highest BCUT2D eigenvalue weighted by Crippen LogP contribution is 2.27. The number of aromatic nitrogens is 1. The van der Waals surface area contributed by atoms with Gasteiger partial charge in [-0.15, -0.1) is 0 Å². The number of carbonyl (C=O) groups excluding carboxylic acids is 1. The summed E-state index contributed by atoms with van der Waals surface area (Å²) in [6.45, 7) is 7.67. The molecule has 0 bridgehead atoms. The molecule has 1 amide bonds. The summed E-state index contributed by atoms with van der Waals surface area (Å²) in [7, 11) is 1.89. The van der Waals surface area contributed by atoms with E-state index in [2.05, 4.69) is 11.4 Å². The summed E-state index contributed by atoms with van der Waals surface area (Å²) in [5.41, 5.74) is 3.34. The van der Waals surface area contributed by atoms with Gasteiger partial charge in [-0.05, 0) is 63.2 Å². The summed E-state index contributed by atoms with van der Waals surface area (Å²) < 4.78 is 12.8. The Kier molecular flexibility index (Phi) is 7.16. The van der Waals surface area contributed by atoms with Crippen molar-refractivity contribution in [1.82, 2.24) is 9.47 Å². The zero-order valence-electron chi connectivity index (χ0n) is 18.4. The molecule has 0 unspecified atom stereocenters. The number of carbonyl (C=O) groups is 1. The first-order chi connectivity index (χ1) is 14.9. The Bertz CT molecular complexity index is 1060. The number of anilines is 1. The summed E-state index contributed by atoms with van der Waals surface area (Å²) in [5.74, 6) is 1.92. The number of benzene rings is 1. The maximum atomic E-state index is 12.8. The van der Waals surface area contributed by atoms with E-state index in [1.165, 1.54) is 0 Å². The summed E-state index contributed by atoms with van der Waals surface area (Å²) in [6.07, 6.45) is 1.61. The zero-order chi connectivity index (χ0) is 22.4. The number of furan rings is 1. The number of rotatable bonds is 9. The Morgan fingerprint density at radius 2 is 2.00 bits per heavy atom. The van der Waals surface area contributed by atoms with Crippen molar-refractivity contribution >= 4 is 11.7 Å². The molecule has 1 N–H and O–H groups in total. The zero-order valence-corrected chi connectivity index (χ0v) is 18.4. The van der Waals surface area contributed by atoms with Crippen LogP contribution in [0.15, 0.2) is 47.1 Å². The minimum atomic E-state index is -0.178. The molecule has 162 valence electrons. The Hall–Kier alpha value is -3.50. The Morgan fingerprint density at radius 3 is 2.61 bits per heavy atom. The van der Waals surface area contributed by atoms with Gasteiger partial charge in [0.25, 0.3) is 0 Å². The van der Waals surface area contributed by atoms with Crippen LogP contribution in [0, 0.1) is 25.2 Å². The van der Waals surface area contributed by atoms with E-state index in [1.807, 2.05) is 73.7 Å². The summed E-state index contributed by atoms with van der Waals surface area (Å²) >= 11 is 0. The Morgan fingerprint density at radius 1 is 1.26 bits per heavy atom. The van der Waals surface area contributed by atoms with Gasteiger partial charge in [0.05, 0.1) is 31.5 Å². The number of ether oxygens (including phenoxy) is 1. The fourth-order valence-electron chi connectivity index (χ4n) is 3.53. The maximum absolute atomic E-state index is 12.8. The predicted octanol–water partition coefficient (Wildman–Crippen LogP) is 4.09. The fourth-order valence-corrected chi connectivity index (χ4v) is 3.53. The van der Waals surface area contributed by atoms with Crippen LogP contribution in [0.1, 0.15) is 35.1 Å². The number of amides is 1. The number of likely N-dealkylation sites (N-methyl/N-ethyl adjacent to an activating group) is 1. The number of nitriles is 1. The normalized spacial score (nSPS) is 10.8. The van der Waals surface area contributed by atoms with Crippen LogP contribution in [0.2, 0.25) is 0 Å². The molecule has 0 atom stereocenters. The molecular weight excluding hydrogens is 392 g/mol. The lowest BCUT2D eigenvalue weighted by Gasteiger charge is -2.18. The molecule has 2 aromatic heterocycles. The second kappa shape index (κ2) is 10.0. The van der Waals surface area contributed by atoms with Gasteiger partial charge >= 0.3 is 0 Å². The molecule has 7 nitrogen and oxygen atoms in total. The SMILES string of the molecule is CCOc1ccc(CN(C)CC(=O)Nc2c(C#N)c(C)c(C)n2Cc2ccco2)cc1. The minimum absolute atomic E-state index is 0.178. The Labute approximate surface area is 182 Å². The van der Waals surface area contributed by atoms with Crippen molar-refractivity contribution < 1.29 is 13.9 Å². The average molecular weight is 421 g/mol. The van der Waals surface area contributed by atoms with Gasteiger partial charge in [-0.2, -0.15) is 5.26 Å². The number of nitrogens with one attached hydrogen (secondary N) is 1. The van der Waals surface area contributed by atoms with Crippen LogP contribution in [0.5, 0.6) is 5.75 Å². The Balaban J connectivity index is 1.69. The smallest absolute Gasteiger partial charge is 0.239 e. The largest absolute Gasteiger partial charge is 0.494 e. The molecule has 0 saturated heterocycles. The van der Waals surface area contributed by atoms with E-state index in [1.54, 1.807) is 6.26 Å². The first kappa shape index (κ1) is 22.2. The van der Waals surface area contributed by atoms with Crippen LogP contribution >= 0.6 is 0 Å². The second-order valence-electron chi connectivity index (χ2n) is 7.51. The van der Waals surface area contributed by atoms with Gasteiger partial charge in [0.15, 0.2) is 0 Å².